The summed E-state index contributed by atoms with van der Waals surface area (Å²) in [6, 6.07) is 16.8. The second-order valence-corrected chi connectivity index (χ2v) is 6.42. The van der Waals surface area contributed by atoms with Crippen LogP contribution in [-0.4, -0.2) is 67.5 Å². The van der Waals surface area contributed by atoms with E-state index in [9.17, 15) is 18.0 Å². The fourth-order valence-corrected chi connectivity index (χ4v) is 2.61. The molecule has 2 N–H and O–H groups in total. The van der Waals surface area contributed by atoms with Crippen LogP contribution in [-0.2, 0) is 9.53 Å². The predicted molar refractivity (Wildman–Crippen MR) is 106 cm³/mol. The van der Waals surface area contributed by atoms with Crippen LogP contribution >= 0.6 is 0 Å². The number of morpholine rings is 1. The highest BCUT2D eigenvalue weighted by atomic mass is 19.4. The van der Waals surface area contributed by atoms with E-state index in [0.717, 1.165) is 32.8 Å². The molecule has 3 rings (SSSR count). The molecule has 2 aromatic rings. The first-order chi connectivity index (χ1) is 14.8. The van der Waals surface area contributed by atoms with E-state index in [-0.39, 0.29) is 5.91 Å². The van der Waals surface area contributed by atoms with Gasteiger partial charge < -0.3 is 19.9 Å². The van der Waals surface area contributed by atoms with E-state index in [4.69, 9.17) is 19.4 Å². The van der Waals surface area contributed by atoms with Gasteiger partial charge in [-0.25, -0.2) is 4.79 Å². The molecule has 0 atom stereocenters. The zero-order chi connectivity index (χ0) is 22.7. The minimum atomic E-state index is -5.08. The highest BCUT2D eigenvalue weighted by Crippen LogP contribution is 2.24. The molecule has 0 aliphatic carbocycles. The number of carbonyl (C=O) groups is 2. The second-order valence-electron chi connectivity index (χ2n) is 6.42. The molecule has 1 aliphatic heterocycles. The summed E-state index contributed by atoms with van der Waals surface area (Å²) in [5, 5.41) is 10.1. The number of halogens is 3. The Kier molecular flexibility index (Phi) is 9.29. The van der Waals surface area contributed by atoms with Gasteiger partial charge in [0.05, 0.1) is 18.8 Å². The van der Waals surface area contributed by atoms with Crippen molar-refractivity contribution in [2.24, 2.45) is 0 Å². The lowest BCUT2D eigenvalue weighted by atomic mass is 10.2. The number of carboxylic acid groups (broad SMARTS) is 1. The van der Waals surface area contributed by atoms with Crippen molar-refractivity contribution in [3.8, 4) is 11.5 Å². The minimum absolute atomic E-state index is 0.116. The van der Waals surface area contributed by atoms with Crippen molar-refractivity contribution in [3.05, 3.63) is 60.2 Å². The molecule has 31 heavy (non-hydrogen) atoms. The summed E-state index contributed by atoms with van der Waals surface area (Å²) in [4.78, 5) is 23.6. The fraction of sp³-hybridized carbons (Fsp3) is 0.333. The Labute approximate surface area is 177 Å². The first-order valence-electron chi connectivity index (χ1n) is 9.47. The van der Waals surface area contributed by atoms with Crippen molar-refractivity contribution in [3.63, 3.8) is 0 Å². The van der Waals surface area contributed by atoms with Crippen molar-refractivity contribution < 1.29 is 37.3 Å². The van der Waals surface area contributed by atoms with Crippen molar-refractivity contribution in [1.82, 2.24) is 10.2 Å². The van der Waals surface area contributed by atoms with Gasteiger partial charge in [0.15, 0.2) is 0 Å². The van der Waals surface area contributed by atoms with Crippen LogP contribution in [0.5, 0.6) is 11.5 Å². The zero-order valence-corrected chi connectivity index (χ0v) is 16.6. The molecule has 0 radical (unpaired) electrons. The maximum absolute atomic E-state index is 12.5. The van der Waals surface area contributed by atoms with Crippen LogP contribution < -0.4 is 10.1 Å². The van der Waals surface area contributed by atoms with Crippen LogP contribution in [0, 0.1) is 0 Å². The number of hydrogen-bond donors (Lipinski definition) is 2. The highest BCUT2D eigenvalue weighted by molar-refractivity contribution is 5.97. The predicted octanol–water partition coefficient (Wildman–Crippen LogP) is 3.17. The van der Waals surface area contributed by atoms with Gasteiger partial charge in [-0.05, 0) is 24.3 Å². The van der Waals surface area contributed by atoms with E-state index in [2.05, 4.69) is 10.2 Å². The lowest BCUT2D eigenvalue weighted by Gasteiger charge is -2.26. The molecule has 1 saturated heterocycles. The number of carbonyl (C=O) groups excluding carboxylic acids is 1. The van der Waals surface area contributed by atoms with Crippen molar-refractivity contribution in [1.29, 1.82) is 0 Å². The zero-order valence-electron chi connectivity index (χ0n) is 16.6. The standard InChI is InChI=1S/C19H22N2O3.C2HF3O2/c22-19(20-10-11-21-12-14-23-15-13-21)17-8-4-5-9-18(17)24-16-6-2-1-3-7-16;3-2(4,5)1(6)7/h1-9H,10-15H2,(H,20,22);(H,6,7). The third kappa shape index (κ3) is 8.65. The van der Waals surface area contributed by atoms with Gasteiger partial charge in [-0.1, -0.05) is 30.3 Å². The van der Waals surface area contributed by atoms with Crippen molar-refractivity contribution in [2.45, 2.75) is 6.18 Å². The lowest BCUT2D eigenvalue weighted by Crippen LogP contribution is -2.41. The van der Waals surface area contributed by atoms with Crippen molar-refractivity contribution >= 4 is 11.9 Å². The molecule has 0 spiro atoms. The quantitative estimate of drug-likeness (QED) is 0.718. The topological polar surface area (TPSA) is 88.1 Å². The first-order valence-corrected chi connectivity index (χ1v) is 9.47. The van der Waals surface area contributed by atoms with E-state index in [1.165, 1.54) is 0 Å². The van der Waals surface area contributed by atoms with Gasteiger partial charge in [-0.3, -0.25) is 9.69 Å². The Hall–Kier alpha value is -3.11. The average Bonchev–Trinajstić information content (AvgIpc) is 2.75. The van der Waals surface area contributed by atoms with Crippen LogP contribution in [0.3, 0.4) is 0 Å². The summed E-state index contributed by atoms with van der Waals surface area (Å²) in [5.41, 5.74) is 0.545. The van der Waals surface area contributed by atoms with Crippen LogP contribution in [0.2, 0.25) is 0 Å². The molecule has 7 nitrogen and oxygen atoms in total. The van der Waals surface area contributed by atoms with E-state index in [0.29, 0.717) is 23.6 Å². The third-order valence-electron chi connectivity index (χ3n) is 4.16. The Morgan fingerprint density at radius 2 is 1.61 bits per heavy atom. The summed E-state index contributed by atoms with van der Waals surface area (Å²) in [5.74, 6) is -1.60. The average molecular weight is 440 g/mol. The summed E-state index contributed by atoms with van der Waals surface area (Å²) in [7, 11) is 0. The van der Waals surface area contributed by atoms with Gasteiger partial charge >= 0.3 is 12.1 Å². The van der Waals surface area contributed by atoms with Crippen molar-refractivity contribution in [2.75, 3.05) is 39.4 Å². The van der Waals surface area contributed by atoms with Gasteiger partial charge in [0, 0.05) is 26.2 Å². The lowest BCUT2D eigenvalue weighted by molar-refractivity contribution is -0.192. The minimum Gasteiger partial charge on any atom is -0.475 e. The van der Waals surface area contributed by atoms with E-state index in [1.807, 2.05) is 48.5 Å². The SMILES string of the molecule is O=C(NCCN1CCOCC1)c1ccccc1Oc1ccccc1.O=C(O)C(F)(F)F. The molecule has 1 heterocycles. The van der Waals surface area contributed by atoms with Gasteiger partial charge in [-0.2, -0.15) is 13.2 Å². The van der Waals surface area contributed by atoms with Gasteiger partial charge in [-0.15, -0.1) is 0 Å². The molecular formula is C21H23F3N2O5. The number of benzene rings is 2. The van der Waals surface area contributed by atoms with Gasteiger partial charge in [0.25, 0.3) is 5.91 Å². The molecule has 1 aliphatic rings. The molecule has 10 heteroatoms. The molecule has 2 aromatic carbocycles. The fourth-order valence-electron chi connectivity index (χ4n) is 2.61. The Morgan fingerprint density at radius 3 is 2.23 bits per heavy atom. The van der Waals surface area contributed by atoms with Crippen LogP contribution in [0.15, 0.2) is 54.6 Å². The number of alkyl halides is 3. The Balaban J connectivity index is 0.000000423. The molecule has 1 fully saturated rings. The molecule has 0 saturated carbocycles. The second kappa shape index (κ2) is 11.9. The number of aliphatic carboxylic acids is 1. The monoisotopic (exact) mass is 440 g/mol. The van der Waals surface area contributed by atoms with Gasteiger partial charge in [0.2, 0.25) is 0 Å². The summed E-state index contributed by atoms with van der Waals surface area (Å²) in [6.45, 7) is 4.81. The number of nitrogens with zero attached hydrogens (tertiary/aromatic N) is 1. The Bertz CT molecular complexity index is 840. The molecular weight excluding hydrogens is 417 g/mol. The number of nitrogens with one attached hydrogen (secondary N) is 1. The summed E-state index contributed by atoms with van der Waals surface area (Å²) >= 11 is 0. The maximum Gasteiger partial charge on any atom is 0.490 e. The molecule has 168 valence electrons. The number of para-hydroxylation sites is 2. The molecule has 1 amide bonds. The normalized spacial score (nSPS) is 14.2. The number of amides is 1. The number of hydrogen-bond acceptors (Lipinski definition) is 5. The molecule has 0 aromatic heterocycles. The molecule has 0 unspecified atom stereocenters. The maximum atomic E-state index is 12.5. The summed E-state index contributed by atoms with van der Waals surface area (Å²) < 4.78 is 42.9. The smallest absolute Gasteiger partial charge is 0.475 e. The highest BCUT2D eigenvalue weighted by Gasteiger charge is 2.38. The number of rotatable bonds is 6. The molecule has 0 bridgehead atoms. The van der Waals surface area contributed by atoms with E-state index in [1.54, 1.807) is 6.07 Å². The summed E-state index contributed by atoms with van der Waals surface area (Å²) in [6.07, 6.45) is -5.08. The van der Waals surface area contributed by atoms with Crippen LogP contribution in [0.4, 0.5) is 13.2 Å². The van der Waals surface area contributed by atoms with E-state index >= 15 is 0 Å². The van der Waals surface area contributed by atoms with Gasteiger partial charge in [0.1, 0.15) is 11.5 Å². The van der Waals surface area contributed by atoms with Crippen LogP contribution in [0.1, 0.15) is 10.4 Å². The van der Waals surface area contributed by atoms with E-state index < -0.39 is 12.1 Å². The van der Waals surface area contributed by atoms with Crippen LogP contribution in [0.25, 0.3) is 0 Å². The largest absolute Gasteiger partial charge is 0.490 e. The number of ether oxygens (including phenoxy) is 2. The Morgan fingerprint density at radius 1 is 1.03 bits per heavy atom. The third-order valence-corrected chi connectivity index (χ3v) is 4.16. The number of carboxylic acids is 1. The first kappa shape index (κ1) is 24.2.